The second-order valence-electron chi connectivity index (χ2n) is 6.61. The number of methoxy groups -OCH3 is 1. The van der Waals surface area contributed by atoms with Crippen LogP contribution in [0.4, 0.5) is 5.13 Å². The van der Waals surface area contributed by atoms with Gasteiger partial charge in [-0.25, -0.2) is 4.98 Å². The first-order valence-electron chi connectivity index (χ1n) is 9.46. The summed E-state index contributed by atoms with van der Waals surface area (Å²) in [6.45, 7) is 9.40. The fourth-order valence-corrected chi connectivity index (χ4v) is 4.17. The number of nitrogens with zero attached hydrogens (tertiary/aromatic N) is 5. The van der Waals surface area contributed by atoms with Crippen LogP contribution in [0.5, 0.6) is 5.75 Å². The molecule has 0 unspecified atom stereocenters. The van der Waals surface area contributed by atoms with Gasteiger partial charge in [0.25, 0.3) is 5.91 Å². The molecule has 0 atom stereocenters. The molecule has 0 aliphatic heterocycles. The number of aryl methyl sites for hydroxylation is 2. The van der Waals surface area contributed by atoms with E-state index in [2.05, 4.69) is 23.8 Å². The molecule has 0 bridgehead atoms. The van der Waals surface area contributed by atoms with Gasteiger partial charge in [0.05, 0.1) is 23.0 Å². The van der Waals surface area contributed by atoms with Crippen molar-refractivity contribution in [3.05, 3.63) is 35.7 Å². The predicted octanol–water partition coefficient (Wildman–Crippen LogP) is 3.76. The Labute approximate surface area is 181 Å². The van der Waals surface area contributed by atoms with E-state index < -0.39 is 0 Å². The summed E-state index contributed by atoms with van der Waals surface area (Å²) >= 11 is 1.50. The number of benzene rings is 1. The number of anilines is 1. The lowest BCUT2D eigenvalue weighted by Crippen LogP contribution is -2.39. The predicted molar refractivity (Wildman–Crippen MR) is 121 cm³/mol. The molecule has 0 fully saturated rings. The van der Waals surface area contributed by atoms with Crippen molar-refractivity contribution in [2.24, 2.45) is 7.05 Å². The minimum absolute atomic E-state index is 0. The SMILES string of the molecule is CCN(CC)CCN(C(=O)c1cc(C)nn1C)c1nc2ccc(OC)cc2s1.Cl. The maximum atomic E-state index is 13.4. The summed E-state index contributed by atoms with van der Waals surface area (Å²) in [6, 6.07) is 7.59. The molecular formula is C20H28ClN5O2S. The van der Waals surface area contributed by atoms with Gasteiger partial charge in [0, 0.05) is 20.1 Å². The Kier molecular flexibility index (Phi) is 8.01. The van der Waals surface area contributed by atoms with Crippen LogP contribution >= 0.6 is 23.7 Å². The van der Waals surface area contributed by atoms with E-state index in [1.807, 2.05) is 31.2 Å². The number of carbonyl (C=O) groups is 1. The molecule has 0 aliphatic carbocycles. The zero-order valence-electron chi connectivity index (χ0n) is 17.5. The number of likely N-dealkylation sites (N-methyl/N-ethyl adjacent to an activating group) is 1. The molecule has 1 aromatic carbocycles. The summed E-state index contributed by atoms with van der Waals surface area (Å²) in [7, 11) is 3.44. The molecule has 9 heteroatoms. The zero-order valence-corrected chi connectivity index (χ0v) is 19.1. The highest BCUT2D eigenvalue weighted by Gasteiger charge is 2.24. The third-order valence-electron chi connectivity index (χ3n) is 4.82. The van der Waals surface area contributed by atoms with Gasteiger partial charge < -0.3 is 9.64 Å². The van der Waals surface area contributed by atoms with E-state index in [-0.39, 0.29) is 18.3 Å². The van der Waals surface area contributed by atoms with Crippen LogP contribution in [0.3, 0.4) is 0 Å². The van der Waals surface area contributed by atoms with E-state index in [1.54, 1.807) is 23.7 Å². The highest BCUT2D eigenvalue weighted by molar-refractivity contribution is 7.22. The fraction of sp³-hybridized carbons (Fsp3) is 0.450. The van der Waals surface area contributed by atoms with Crippen molar-refractivity contribution in [1.29, 1.82) is 0 Å². The Balaban J connectivity index is 0.00000300. The topological polar surface area (TPSA) is 63.5 Å². The number of aromatic nitrogens is 3. The molecule has 2 heterocycles. The highest BCUT2D eigenvalue weighted by Crippen LogP contribution is 2.32. The summed E-state index contributed by atoms with van der Waals surface area (Å²) < 4.78 is 7.95. The lowest BCUT2D eigenvalue weighted by molar-refractivity contribution is 0.0974. The lowest BCUT2D eigenvalue weighted by atomic mass is 10.3. The van der Waals surface area contributed by atoms with Gasteiger partial charge in [-0.05, 0) is 44.3 Å². The number of fused-ring (bicyclic) bond motifs is 1. The molecule has 29 heavy (non-hydrogen) atoms. The smallest absolute Gasteiger partial charge is 0.278 e. The van der Waals surface area contributed by atoms with Gasteiger partial charge in [0.15, 0.2) is 5.13 Å². The molecular weight excluding hydrogens is 410 g/mol. The third-order valence-corrected chi connectivity index (χ3v) is 5.86. The van der Waals surface area contributed by atoms with Crippen LogP contribution in [0.15, 0.2) is 24.3 Å². The zero-order chi connectivity index (χ0) is 20.3. The molecule has 158 valence electrons. The van der Waals surface area contributed by atoms with Gasteiger partial charge in [-0.1, -0.05) is 25.2 Å². The molecule has 0 N–H and O–H groups in total. The molecule has 7 nitrogen and oxygen atoms in total. The van der Waals surface area contributed by atoms with Gasteiger partial charge in [-0.15, -0.1) is 12.4 Å². The van der Waals surface area contributed by atoms with E-state index in [4.69, 9.17) is 9.72 Å². The van der Waals surface area contributed by atoms with Crippen LogP contribution in [0, 0.1) is 6.92 Å². The first kappa shape index (κ1) is 23.1. The molecule has 3 rings (SSSR count). The Morgan fingerprint density at radius 2 is 1.93 bits per heavy atom. The number of halogens is 1. The summed E-state index contributed by atoms with van der Waals surface area (Å²) in [5, 5.41) is 5.02. The Morgan fingerprint density at radius 1 is 1.21 bits per heavy atom. The second kappa shape index (κ2) is 10.0. The van der Waals surface area contributed by atoms with Crippen LogP contribution in [0.2, 0.25) is 0 Å². The van der Waals surface area contributed by atoms with Crippen molar-refractivity contribution in [2.45, 2.75) is 20.8 Å². The van der Waals surface area contributed by atoms with Gasteiger partial charge >= 0.3 is 0 Å². The average Bonchev–Trinajstić information content (AvgIpc) is 3.26. The van der Waals surface area contributed by atoms with Gasteiger partial charge in [-0.3, -0.25) is 14.4 Å². The highest BCUT2D eigenvalue weighted by atomic mass is 35.5. The van der Waals surface area contributed by atoms with Crippen molar-refractivity contribution in [1.82, 2.24) is 19.7 Å². The number of ether oxygens (including phenoxy) is 1. The number of hydrogen-bond donors (Lipinski definition) is 0. The van der Waals surface area contributed by atoms with Crippen LogP contribution in [0.25, 0.3) is 10.2 Å². The minimum atomic E-state index is -0.0822. The first-order valence-corrected chi connectivity index (χ1v) is 10.3. The van der Waals surface area contributed by atoms with E-state index in [0.29, 0.717) is 17.4 Å². The van der Waals surface area contributed by atoms with Crippen molar-refractivity contribution in [3.63, 3.8) is 0 Å². The van der Waals surface area contributed by atoms with Crippen molar-refractivity contribution >= 4 is 45.0 Å². The number of rotatable bonds is 8. The Hall–Kier alpha value is -2.16. The monoisotopic (exact) mass is 437 g/mol. The number of hydrogen-bond acceptors (Lipinski definition) is 6. The third kappa shape index (κ3) is 5.07. The summed E-state index contributed by atoms with van der Waals surface area (Å²) in [6.07, 6.45) is 0. The maximum Gasteiger partial charge on any atom is 0.278 e. The second-order valence-corrected chi connectivity index (χ2v) is 7.62. The molecule has 0 saturated carbocycles. The number of carbonyl (C=O) groups excluding carboxylic acids is 1. The van der Waals surface area contributed by atoms with Crippen LogP contribution in [-0.4, -0.2) is 58.9 Å². The van der Waals surface area contributed by atoms with Crippen LogP contribution in [-0.2, 0) is 7.05 Å². The summed E-state index contributed by atoms with van der Waals surface area (Å²) in [5.74, 6) is 0.701. The maximum absolute atomic E-state index is 13.4. The van der Waals surface area contributed by atoms with E-state index >= 15 is 0 Å². The summed E-state index contributed by atoms with van der Waals surface area (Å²) in [4.78, 5) is 22.1. The fourth-order valence-electron chi connectivity index (χ4n) is 3.15. The van der Waals surface area contributed by atoms with E-state index in [9.17, 15) is 4.79 Å². The number of thiazole rings is 1. The number of amides is 1. The van der Waals surface area contributed by atoms with E-state index in [1.165, 1.54) is 11.3 Å². The summed E-state index contributed by atoms with van der Waals surface area (Å²) in [5.41, 5.74) is 2.25. The lowest BCUT2D eigenvalue weighted by Gasteiger charge is -2.24. The molecule has 0 spiro atoms. The van der Waals surface area contributed by atoms with Crippen LogP contribution < -0.4 is 9.64 Å². The molecule has 3 aromatic rings. The van der Waals surface area contributed by atoms with Gasteiger partial charge in [0.1, 0.15) is 11.4 Å². The molecule has 0 saturated heterocycles. The van der Waals surface area contributed by atoms with E-state index in [0.717, 1.165) is 41.3 Å². The van der Waals surface area contributed by atoms with Crippen molar-refractivity contribution in [3.8, 4) is 5.75 Å². The minimum Gasteiger partial charge on any atom is -0.497 e. The Morgan fingerprint density at radius 3 is 2.52 bits per heavy atom. The van der Waals surface area contributed by atoms with Gasteiger partial charge in [0.2, 0.25) is 0 Å². The molecule has 2 aromatic heterocycles. The normalized spacial score (nSPS) is 11.0. The largest absolute Gasteiger partial charge is 0.497 e. The van der Waals surface area contributed by atoms with Gasteiger partial charge in [-0.2, -0.15) is 5.10 Å². The van der Waals surface area contributed by atoms with Crippen molar-refractivity contribution in [2.75, 3.05) is 38.2 Å². The quantitative estimate of drug-likeness (QED) is 0.537. The first-order chi connectivity index (χ1) is 13.5. The van der Waals surface area contributed by atoms with Crippen molar-refractivity contribution < 1.29 is 9.53 Å². The standard InChI is InChI=1S/C20H27N5O2S.ClH/c1-6-24(7-2)10-11-25(19(26)17-12-14(3)22-23(17)4)20-21-16-9-8-15(27-5)13-18(16)28-20;/h8-9,12-13H,6-7,10-11H2,1-5H3;1H. The molecule has 0 radical (unpaired) electrons. The molecule has 1 amide bonds. The Bertz CT molecular complexity index is 967. The molecule has 0 aliphatic rings. The average molecular weight is 438 g/mol. The van der Waals surface area contributed by atoms with Crippen LogP contribution in [0.1, 0.15) is 30.0 Å².